The van der Waals surface area contributed by atoms with Crippen LogP contribution in [0.3, 0.4) is 0 Å². The zero-order chi connectivity index (χ0) is 11.6. The number of hydrogen-bond donors (Lipinski definition) is 2. The molecule has 1 aliphatic rings. The summed E-state index contributed by atoms with van der Waals surface area (Å²) in [4.78, 5) is 0. The maximum absolute atomic E-state index is 10.4. The van der Waals surface area contributed by atoms with Gasteiger partial charge in [0.25, 0.3) is 0 Å². The van der Waals surface area contributed by atoms with Gasteiger partial charge in [-0.15, -0.1) is 0 Å². The second-order valence-corrected chi connectivity index (χ2v) is 5.67. The lowest BCUT2D eigenvalue weighted by atomic mass is 9.76. The van der Waals surface area contributed by atoms with Gasteiger partial charge in [0, 0.05) is 10.0 Å². The number of rotatable bonds is 2. The van der Waals surface area contributed by atoms with Crippen LogP contribution in [0, 0.1) is 0 Å². The molecular formula is C13H18BrNO. The van der Waals surface area contributed by atoms with Gasteiger partial charge in [-0.3, -0.25) is 0 Å². The van der Waals surface area contributed by atoms with Gasteiger partial charge in [0.15, 0.2) is 0 Å². The fourth-order valence-electron chi connectivity index (χ4n) is 2.49. The van der Waals surface area contributed by atoms with Crippen molar-refractivity contribution in [2.45, 2.75) is 43.7 Å². The minimum atomic E-state index is -0.551. The lowest BCUT2D eigenvalue weighted by Crippen LogP contribution is -2.47. The van der Waals surface area contributed by atoms with Crippen LogP contribution in [0.1, 0.15) is 43.8 Å². The van der Waals surface area contributed by atoms with E-state index in [9.17, 15) is 5.11 Å². The Morgan fingerprint density at radius 1 is 1.25 bits per heavy atom. The van der Waals surface area contributed by atoms with Crippen molar-refractivity contribution >= 4 is 15.9 Å². The molecule has 0 amide bonds. The molecular weight excluding hydrogens is 266 g/mol. The Kier molecular flexibility index (Phi) is 3.67. The molecule has 0 spiro atoms. The second kappa shape index (κ2) is 4.86. The Morgan fingerprint density at radius 2 is 1.94 bits per heavy atom. The van der Waals surface area contributed by atoms with Crippen molar-refractivity contribution in [3.63, 3.8) is 0 Å². The minimum absolute atomic E-state index is 0.432. The molecule has 1 saturated carbocycles. The number of hydrogen-bond acceptors (Lipinski definition) is 2. The summed E-state index contributed by atoms with van der Waals surface area (Å²) in [6.07, 6.45) is 4.78. The third-order valence-corrected chi connectivity index (χ3v) is 3.99. The smallest absolute Gasteiger partial charge is 0.0969 e. The molecule has 1 aliphatic carbocycles. The van der Waals surface area contributed by atoms with Gasteiger partial charge in [-0.25, -0.2) is 0 Å². The zero-order valence-electron chi connectivity index (χ0n) is 9.32. The van der Waals surface area contributed by atoms with Crippen molar-refractivity contribution < 1.29 is 5.11 Å². The molecule has 0 bridgehead atoms. The average molecular weight is 284 g/mol. The molecule has 3 heteroatoms. The van der Waals surface area contributed by atoms with Crippen molar-refractivity contribution in [3.8, 4) is 0 Å². The van der Waals surface area contributed by atoms with Gasteiger partial charge < -0.3 is 10.8 Å². The van der Waals surface area contributed by atoms with Crippen LogP contribution in [-0.2, 0) is 0 Å². The van der Waals surface area contributed by atoms with Crippen LogP contribution in [0.15, 0.2) is 28.7 Å². The SMILES string of the molecule is NC1(C(O)c2cccc(Br)c2)CCCCC1. The Labute approximate surface area is 105 Å². The summed E-state index contributed by atoms with van der Waals surface area (Å²) in [6, 6.07) is 7.79. The van der Waals surface area contributed by atoms with Crippen molar-refractivity contribution in [2.75, 3.05) is 0 Å². The van der Waals surface area contributed by atoms with Crippen LogP contribution in [-0.4, -0.2) is 10.6 Å². The van der Waals surface area contributed by atoms with Gasteiger partial charge in [-0.1, -0.05) is 47.3 Å². The highest BCUT2D eigenvalue weighted by atomic mass is 79.9. The third kappa shape index (κ3) is 2.47. The summed E-state index contributed by atoms with van der Waals surface area (Å²) in [7, 11) is 0. The van der Waals surface area contributed by atoms with E-state index in [2.05, 4.69) is 15.9 Å². The quantitative estimate of drug-likeness (QED) is 0.876. The summed E-state index contributed by atoms with van der Waals surface area (Å²) in [6.45, 7) is 0. The first kappa shape index (κ1) is 12.1. The molecule has 2 rings (SSSR count). The summed E-state index contributed by atoms with van der Waals surface area (Å²) in [5, 5.41) is 10.4. The Bertz CT molecular complexity index is 361. The molecule has 1 aromatic rings. The molecule has 0 aliphatic heterocycles. The third-order valence-electron chi connectivity index (χ3n) is 3.49. The number of benzene rings is 1. The van der Waals surface area contributed by atoms with Gasteiger partial charge in [-0.2, -0.15) is 0 Å². The van der Waals surface area contributed by atoms with E-state index in [1.165, 1.54) is 6.42 Å². The second-order valence-electron chi connectivity index (χ2n) is 4.75. The maximum Gasteiger partial charge on any atom is 0.0969 e. The van der Waals surface area contributed by atoms with Crippen molar-refractivity contribution in [3.05, 3.63) is 34.3 Å². The lowest BCUT2D eigenvalue weighted by Gasteiger charge is -2.37. The van der Waals surface area contributed by atoms with Gasteiger partial charge in [0.05, 0.1) is 6.10 Å². The Hall–Kier alpha value is -0.380. The molecule has 0 aromatic heterocycles. The summed E-state index contributed by atoms with van der Waals surface area (Å²) in [5.41, 5.74) is 6.80. The van der Waals surface area contributed by atoms with Crippen LogP contribution >= 0.6 is 15.9 Å². The van der Waals surface area contributed by atoms with Gasteiger partial charge in [0.2, 0.25) is 0 Å². The van der Waals surface area contributed by atoms with E-state index in [4.69, 9.17) is 5.73 Å². The number of aliphatic hydroxyl groups excluding tert-OH is 1. The first-order valence-electron chi connectivity index (χ1n) is 5.84. The van der Waals surface area contributed by atoms with E-state index in [1.54, 1.807) is 0 Å². The van der Waals surface area contributed by atoms with E-state index < -0.39 is 11.6 Å². The molecule has 16 heavy (non-hydrogen) atoms. The Balaban J connectivity index is 2.20. The molecule has 3 N–H and O–H groups in total. The van der Waals surface area contributed by atoms with Crippen molar-refractivity contribution in [1.82, 2.24) is 0 Å². The molecule has 0 saturated heterocycles. The first-order valence-corrected chi connectivity index (χ1v) is 6.63. The Morgan fingerprint density at radius 3 is 2.56 bits per heavy atom. The molecule has 2 nitrogen and oxygen atoms in total. The summed E-state index contributed by atoms with van der Waals surface area (Å²) >= 11 is 3.42. The number of halogens is 1. The van der Waals surface area contributed by atoms with E-state index >= 15 is 0 Å². The van der Waals surface area contributed by atoms with Crippen LogP contribution < -0.4 is 5.73 Å². The molecule has 1 aromatic carbocycles. The van der Waals surface area contributed by atoms with Gasteiger partial charge >= 0.3 is 0 Å². The van der Waals surface area contributed by atoms with Crippen molar-refractivity contribution in [1.29, 1.82) is 0 Å². The molecule has 1 atom stereocenters. The largest absolute Gasteiger partial charge is 0.386 e. The van der Waals surface area contributed by atoms with Gasteiger partial charge in [-0.05, 0) is 30.5 Å². The molecule has 0 heterocycles. The maximum atomic E-state index is 10.4. The molecule has 1 unspecified atom stereocenters. The fraction of sp³-hybridized carbons (Fsp3) is 0.538. The van der Waals surface area contributed by atoms with E-state index in [0.717, 1.165) is 35.7 Å². The standard InChI is InChI=1S/C13H18BrNO/c14-11-6-4-5-10(9-11)12(16)13(15)7-2-1-3-8-13/h4-6,9,12,16H,1-3,7-8,15H2. The van der Waals surface area contributed by atoms with Crippen LogP contribution in [0.4, 0.5) is 0 Å². The predicted molar refractivity (Wildman–Crippen MR) is 69.1 cm³/mol. The molecule has 0 radical (unpaired) electrons. The van der Waals surface area contributed by atoms with Crippen molar-refractivity contribution in [2.24, 2.45) is 5.73 Å². The number of aliphatic hydroxyl groups is 1. The fourth-order valence-corrected chi connectivity index (χ4v) is 2.91. The highest BCUT2D eigenvalue weighted by Gasteiger charge is 2.35. The molecule has 1 fully saturated rings. The van der Waals surface area contributed by atoms with Crippen LogP contribution in [0.2, 0.25) is 0 Å². The molecule has 88 valence electrons. The topological polar surface area (TPSA) is 46.2 Å². The van der Waals surface area contributed by atoms with E-state index in [1.807, 2.05) is 24.3 Å². The monoisotopic (exact) mass is 283 g/mol. The normalized spacial score (nSPS) is 21.7. The zero-order valence-corrected chi connectivity index (χ0v) is 10.9. The van der Waals surface area contributed by atoms with Crippen LogP contribution in [0.5, 0.6) is 0 Å². The average Bonchev–Trinajstić information content (AvgIpc) is 2.29. The van der Waals surface area contributed by atoms with Crippen LogP contribution in [0.25, 0.3) is 0 Å². The van der Waals surface area contributed by atoms with E-state index in [-0.39, 0.29) is 0 Å². The summed E-state index contributed by atoms with van der Waals surface area (Å²) in [5.74, 6) is 0. The highest BCUT2D eigenvalue weighted by molar-refractivity contribution is 9.10. The minimum Gasteiger partial charge on any atom is -0.386 e. The van der Waals surface area contributed by atoms with E-state index in [0.29, 0.717) is 0 Å². The lowest BCUT2D eigenvalue weighted by molar-refractivity contribution is 0.0586. The number of nitrogens with two attached hydrogens (primary N) is 1. The predicted octanol–water partition coefficient (Wildman–Crippen LogP) is 3.14. The highest BCUT2D eigenvalue weighted by Crippen LogP contribution is 2.36. The first-order chi connectivity index (χ1) is 7.62. The summed E-state index contributed by atoms with van der Waals surface area (Å²) < 4.78 is 0.989. The van der Waals surface area contributed by atoms with Gasteiger partial charge in [0.1, 0.15) is 0 Å².